The molecular formula is C15H31N3. The van der Waals surface area contributed by atoms with Gasteiger partial charge < -0.3 is 5.32 Å². The zero-order chi connectivity index (χ0) is 13.0. The van der Waals surface area contributed by atoms with Gasteiger partial charge in [-0.2, -0.15) is 0 Å². The number of rotatable bonds is 6. The van der Waals surface area contributed by atoms with Crippen LogP contribution in [0.1, 0.15) is 46.5 Å². The minimum absolute atomic E-state index is 0.755. The van der Waals surface area contributed by atoms with Gasteiger partial charge in [-0.05, 0) is 38.9 Å². The van der Waals surface area contributed by atoms with Crippen LogP contribution in [0.3, 0.4) is 0 Å². The number of likely N-dealkylation sites (tertiary alicyclic amines) is 1. The summed E-state index contributed by atoms with van der Waals surface area (Å²) in [4.78, 5) is 5.40. The van der Waals surface area contributed by atoms with Crippen LogP contribution >= 0.6 is 0 Å². The van der Waals surface area contributed by atoms with E-state index < -0.39 is 0 Å². The van der Waals surface area contributed by atoms with Crippen LogP contribution in [0.4, 0.5) is 0 Å². The second kappa shape index (κ2) is 6.88. The van der Waals surface area contributed by atoms with E-state index in [1.165, 1.54) is 51.9 Å². The van der Waals surface area contributed by atoms with Gasteiger partial charge in [0.2, 0.25) is 0 Å². The molecule has 0 aromatic rings. The molecule has 1 N–H and O–H groups in total. The van der Waals surface area contributed by atoms with Gasteiger partial charge in [-0.1, -0.05) is 27.2 Å². The summed E-state index contributed by atoms with van der Waals surface area (Å²) < 4.78 is 0. The van der Waals surface area contributed by atoms with E-state index in [9.17, 15) is 0 Å². The molecule has 0 aromatic carbocycles. The van der Waals surface area contributed by atoms with Crippen molar-refractivity contribution < 1.29 is 0 Å². The van der Waals surface area contributed by atoms with Crippen molar-refractivity contribution in [3.05, 3.63) is 0 Å². The second-order valence-corrected chi connectivity index (χ2v) is 5.82. The topological polar surface area (TPSA) is 18.5 Å². The predicted molar refractivity (Wildman–Crippen MR) is 78.0 cm³/mol. The Balaban J connectivity index is 1.87. The molecule has 1 saturated heterocycles. The first-order valence-electron chi connectivity index (χ1n) is 8.01. The van der Waals surface area contributed by atoms with Crippen LogP contribution in [-0.4, -0.2) is 60.6 Å². The van der Waals surface area contributed by atoms with Crippen molar-refractivity contribution in [3.63, 3.8) is 0 Å². The van der Waals surface area contributed by atoms with Crippen LogP contribution in [0.15, 0.2) is 0 Å². The minimum atomic E-state index is 0.755. The Labute approximate surface area is 113 Å². The zero-order valence-corrected chi connectivity index (χ0v) is 12.5. The molecule has 1 aliphatic heterocycles. The molecule has 3 heteroatoms. The normalized spacial score (nSPS) is 33.7. The van der Waals surface area contributed by atoms with Crippen LogP contribution < -0.4 is 5.32 Å². The van der Waals surface area contributed by atoms with Crippen LogP contribution in [-0.2, 0) is 0 Å². The maximum Gasteiger partial charge on any atom is 0.0250 e. The highest BCUT2D eigenvalue weighted by molar-refractivity contribution is 4.95. The molecule has 0 radical (unpaired) electrons. The molecule has 0 bridgehead atoms. The monoisotopic (exact) mass is 253 g/mol. The molecule has 0 spiro atoms. The minimum Gasteiger partial charge on any atom is -0.313 e. The van der Waals surface area contributed by atoms with Crippen molar-refractivity contribution in [1.29, 1.82) is 0 Å². The molecule has 0 amide bonds. The summed E-state index contributed by atoms with van der Waals surface area (Å²) in [5, 5.41) is 3.69. The average Bonchev–Trinajstić information content (AvgIpc) is 3.00. The molecular weight excluding hydrogens is 222 g/mol. The van der Waals surface area contributed by atoms with Gasteiger partial charge in [0, 0.05) is 31.2 Å². The van der Waals surface area contributed by atoms with Crippen molar-refractivity contribution in [2.75, 3.05) is 32.7 Å². The highest BCUT2D eigenvalue weighted by atomic mass is 15.3. The summed E-state index contributed by atoms with van der Waals surface area (Å²) >= 11 is 0. The van der Waals surface area contributed by atoms with Crippen LogP contribution in [0, 0.1) is 0 Å². The van der Waals surface area contributed by atoms with E-state index in [4.69, 9.17) is 0 Å². The molecule has 2 rings (SSSR count). The Hall–Kier alpha value is -0.120. The Morgan fingerprint density at radius 2 is 1.89 bits per heavy atom. The van der Waals surface area contributed by atoms with E-state index in [-0.39, 0.29) is 0 Å². The lowest BCUT2D eigenvalue weighted by Crippen LogP contribution is -2.47. The second-order valence-electron chi connectivity index (χ2n) is 5.82. The Bertz CT molecular complexity index is 240. The zero-order valence-electron chi connectivity index (χ0n) is 12.5. The third-order valence-corrected chi connectivity index (χ3v) is 4.94. The molecule has 0 aromatic heterocycles. The lowest BCUT2D eigenvalue weighted by atomic mass is 10.1. The highest BCUT2D eigenvalue weighted by Gasteiger charge is 2.36. The number of likely N-dealkylation sites (N-methyl/N-ethyl adjacent to an activating group) is 2. The van der Waals surface area contributed by atoms with Gasteiger partial charge in [-0.15, -0.1) is 0 Å². The fraction of sp³-hybridized carbons (Fsp3) is 1.00. The fourth-order valence-electron chi connectivity index (χ4n) is 3.99. The van der Waals surface area contributed by atoms with E-state index in [0.717, 1.165) is 24.7 Å². The Kier molecular flexibility index (Phi) is 5.46. The summed E-state index contributed by atoms with van der Waals surface area (Å²) in [5.74, 6) is 0. The van der Waals surface area contributed by atoms with E-state index >= 15 is 0 Å². The average molecular weight is 253 g/mol. The fourth-order valence-corrected chi connectivity index (χ4v) is 3.99. The largest absolute Gasteiger partial charge is 0.313 e. The van der Waals surface area contributed by atoms with Crippen molar-refractivity contribution in [2.24, 2.45) is 0 Å². The van der Waals surface area contributed by atoms with Gasteiger partial charge in [0.1, 0.15) is 0 Å². The first-order valence-corrected chi connectivity index (χ1v) is 8.01. The SMILES string of the molecule is CCNC1CCCC1N1CCC(N(CC)CC)C1. The summed E-state index contributed by atoms with van der Waals surface area (Å²) in [7, 11) is 0. The first-order chi connectivity index (χ1) is 8.80. The van der Waals surface area contributed by atoms with Gasteiger partial charge in [0.25, 0.3) is 0 Å². The molecule has 1 heterocycles. The number of nitrogens with zero attached hydrogens (tertiary/aromatic N) is 2. The van der Waals surface area contributed by atoms with E-state index in [1.54, 1.807) is 0 Å². The third kappa shape index (κ3) is 3.06. The summed E-state index contributed by atoms with van der Waals surface area (Å²) in [6, 6.07) is 2.37. The van der Waals surface area contributed by atoms with E-state index in [1.807, 2.05) is 0 Å². The van der Waals surface area contributed by atoms with Gasteiger partial charge in [0.05, 0.1) is 0 Å². The molecule has 3 atom stereocenters. The quantitative estimate of drug-likeness (QED) is 0.780. The lowest BCUT2D eigenvalue weighted by Gasteiger charge is -2.31. The van der Waals surface area contributed by atoms with Gasteiger partial charge in [0.15, 0.2) is 0 Å². The molecule has 106 valence electrons. The van der Waals surface area contributed by atoms with Crippen LogP contribution in [0.2, 0.25) is 0 Å². The molecule has 3 nitrogen and oxygen atoms in total. The molecule has 18 heavy (non-hydrogen) atoms. The standard InChI is InChI=1S/C15H31N3/c1-4-16-14-8-7-9-15(14)18-11-10-13(12-18)17(5-2)6-3/h13-16H,4-12H2,1-3H3. The highest BCUT2D eigenvalue weighted by Crippen LogP contribution is 2.28. The van der Waals surface area contributed by atoms with Gasteiger partial charge in [-0.3, -0.25) is 9.80 Å². The van der Waals surface area contributed by atoms with Gasteiger partial charge in [-0.25, -0.2) is 0 Å². The number of hydrogen-bond donors (Lipinski definition) is 1. The first kappa shape index (κ1) is 14.3. The number of hydrogen-bond acceptors (Lipinski definition) is 3. The van der Waals surface area contributed by atoms with Crippen LogP contribution in [0.5, 0.6) is 0 Å². The maximum atomic E-state index is 3.69. The maximum absolute atomic E-state index is 3.69. The summed E-state index contributed by atoms with van der Waals surface area (Å²) in [5.41, 5.74) is 0. The summed E-state index contributed by atoms with van der Waals surface area (Å²) in [6.07, 6.45) is 5.57. The summed E-state index contributed by atoms with van der Waals surface area (Å²) in [6.45, 7) is 13.0. The predicted octanol–water partition coefficient (Wildman–Crippen LogP) is 1.93. The van der Waals surface area contributed by atoms with Crippen molar-refractivity contribution in [2.45, 2.75) is 64.6 Å². The molecule has 2 fully saturated rings. The lowest BCUT2D eigenvalue weighted by molar-refractivity contribution is 0.174. The Morgan fingerprint density at radius 1 is 1.11 bits per heavy atom. The molecule has 2 aliphatic rings. The van der Waals surface area contributed by atoms with Crippen molar-refractivity contribution >= 4 is 0 Å². The van der Waals surface area contributed by atoms with Crippen molar-refractivity contribution in [3.8, 4) is 0 Å². The van der Waals surface area contributed by atoms with E-state index in [0.29, 0.717) is 0 Å². The number of nitrogens with one attached hydrogen (secondary N) is 1. The molecule has 1 saturated carbocycles. The smallest absolute Gasteiger partial charge is 0.0250 e. The van der Waals surface area contributed by atoms with Crippen LogP contribution in [0.25, 0.3) is 0 Å². The molecule has 1 aliphatic carbocycles. The molecule has 3 unspecified atom stereocenters. The van der Waals surface area contributed by atoms with E-state index in [2.05, 4.69) is 35.9 Å². The third-order valence-electron chi connectivity index (χ3n) is 4.94. The van der Waals surface area contributed by atoms with Gasteiger partial charge >= 0.3 is 0 Å². The van der Waals surface area contributed by atoms with Crippen molar-refractivity contribution in [1.82, 2.24) is 15.1 Å². The Morgan fingerprint density at radius 3 is 2.56 bits per heavy atom.